The highest BCUT2D eigenvalue weighted by Gasteiger charge is 2.15. The van der Waals surface area contributed by atoms with Gasteiger partial charge in [0.1, 0.15) is 0 Å². The molecule has 1 aliphatic carbocycles. The summed E-state index contributed by atoms with van der Waals surface area (Å²) in [6, 6.07) is 0. The Hall–Kier alpha value is -0.0800. The van der Waals surface area contributed by atoms with E-state index in [0.29, 0.717) is 0 Å². The molecular formula is C10H22N2. The maximum atomic E-state index is 5.38. The number of nitrogens with one attached hydrogen (secondary N) is 1. The molecule has 2 heteroatoms. The summed E-state index contributed by atoms with van der Waals surface area (Å²) >= 11 is 0. The predicted molar refractivity (Wildman–Crippen MR) is 53.1 cm³/mol. The Bertz CT molecular complexity index is 100. The fraction of sp³-hybridized carbons (Fsp3) is 1.00. The van der Waals surface area contributed by atoms with Gasteiger partial charge in [0.25, 0.3) is 0 Å². The molecule has 1 rings (SSSR count). The monoisotopic (exact) mass is 170 g/mol. The summed E-state index contributed by atoms with van der Waals surface area (Å²) in [7, 11) is 0. The first-order chi connectivity index (χ1) is 5.93. The van der Waals surface area contributed by atoms with Crippen LogP contribution < -0.4 is 11.1 Å². The van der Waals surface area contributed by atoms with Crippen molar-refractivity contribution in [3.63, 3.8) is 0 Å². The Labute approximate surface area is 75.9 Å². The van der Waals surface area contributed by atoms with E-state index < -0.39 is 0 Å². The predicted octanol–water partition coefficient (Wildman–Crippen LogP) is 1.51. The van der Waals surface area contributed by atoms with Gasteiger partial charge in [-0.1, -0.05) is 19.3 Å². The lowest BCUT2D eigenvalue weighted by molar-refractivity contribution is 0.288. The molecule has 1 aliphatic rings. The van der Waals surface area contributed by atoms with E-state index >= 15 is 0 Å². The van der Waals surface area contributed by atoms with E-state index in [1.165, 1.54) is 38.6 Å². The van der Waals surface area contributed by atoms with E-state index in [-0.39, 0.29) is 0 Å². The van der Waals surface area contributed by atoms with E-state index in [2.05, 4.69) is 5.32 Å². The molecule has 1 fully saturated rings. The molecule has 0 aromatic carbocycles. The summed E-state index contributed by atoms with van der Waals surface area (Å²) in [5, 5.41) is 3.41. The minimum absolute atomic E-state index is 0.815. The third-order valence-electron chi connectivity index (χ3n) is 2.75. The van der Waals surface area contributed by atoms with Crippen molar-refractivity contribution in [3.8, 4) is 0 Å². The van der Waals surface area contributed by atoms with Crippen molar-refractivity contribution >= 4 is 0 Å². The third-order valence-corrected chi connectivity index (χ3v) is 2.75. The second kappa shape index (κ2) is 6.44. The number of hydrogen-bond donors (Lipinski definition) is 2. The largest absolute Gasteiger partial charge is 0.330 e. The van der Waals surface area contributed by atoms with Crippen LogP contribution in [0.2, 0.25) is 0 Å². The standard InChI is InChI=1S/C10H22N2/c11-7-3-9-12-8-2-6-10-4-1-5-10/h10,12H,1-9,11H2. The molecule has 0 aliphatic heterocycles. The summed E-state index contributed by atoms with van der Waals surface area (Å²) in [6.45, 7) is 3.10. The molecule has 2 nitrogen and oxygen atoms in total. The number of hydrogen-bond acceptors (Lipinski definition) is 2. The van der Waals surface area contributed by atoms with Crippen molar-refractivity contribution in [1.82, 2.24) is 5.32 Å². The molecule has 12 heavy (non-hydrogen) atoms. The molecule has 0 heterocycles. The highest BCUT2D eigenvalue weighted by atomic mass is 14.8. The summed E-state index contributed by atoms with van der Waals surface area (Å²) in [6.07, 6.45) is 8.37. The maximum Gasteiger partial charge on any atom is -0.00369 e. The summed E-state index contributed by atoms with van der Waals surface area (Å²) in [5.74, 6) is 1.07. The van der Waals surface area contributed by atoms with Gasteiger partial charge in [-0.25, -0.2) is 0 Å². The Balaban J connectivity index is 1.70. The van der Waals surface area contributed by atoms with Gasteiger partial charge in [-0.3, -0.25) is 0 Å². The minimum atomic E-state index is 0.815. The lowest BCUT2D eigenvalue weighted by Crippen LogP contribution is -2.20. The van der Waals surface area contributed by atoms with Crippen LogP contribution in [-0.2, 0) is 0 Å². The lowest BCUT2D eigenvalue weighted by Gasteiger charge is -2.25. The van der Waals surface area contributed by atoms with Gasteiger partial charge in [-0.15, -0.1) is 0 Å². The average molecular weight is 170 g/mol. The number of nitrogens with two attached hydrogens (primary N) is 1. The van der Waals surface area contributed by atoms with Gasteiger partial charge in [0.2, 0.25) is 0 Å². The van der Waals surface area contributed by atoms with Crippen LogP contribution in [0.1, 0.15) is 38.5 Å². The minimum Gasteiger partial charge on any atom is -0.330 e. The Morgan fingerprint density at radius 1 is 1.17 bits per heavy atom. The van der Waals surface area contributed by atoms with Crippen molar-refractivity contribution in [1.29, 1.82) is 0 Å². The Morgan fingerprint density at radius 2 is 1.92 bits per heavy atom. The zero-order chi connectivity index (χ0) is 8.65. The molecule has 0 amide bonds. The highest BCUT2D eigenvalue weighted by molar-refractivity contribution is 4.69. The first-order valence-electron chi connectivity index (χ1n) is 5.34. The van der Waals surface area contributed by atoms with Crippen LogP contribution in [0.25, 0.3) is 0 Å². The van der Waals surface area contributed by atoms with Crippen molar-refractivity contribution < 1.29 is 0 Å². The van der Waals surface area contributed by atoms with Crippen LogP contribution in [0.15, 0.2) is 0 Å². The van der Waals surface area contributed by atoms with Gasteiger partial charge in [0.15, 0.2) is 0 Å². The van der Waals surface area contributed by atoms with Gasteiger partial charge in [0.05, 0.1) is 0 Å². The molecular weight excluding hydrogens is 148 g/mol. The maximum absolute atomic E-state index is 5.38. The molecule has 0 bridgehead atoms. The van der Waals surface area contributed by atoms with Crippen molar-refractivity contribution in [2.24, 2.45) is 11.7 Å². The van der Waals surface area contributed by atoms with E-state index in [0.717, 1.165) is 25.4 Å². The summed E-state index contributed by atoms with van der Waals surface area (Å²) in [4.78, 5) is 0. The third kappa shape index (κ3) is 4.07. The van der Waals surface area contributed by atoms with E-state index in [4.69, 9.17) is 5.73 Å². The average Bonchev–Trinajstić information content (AvgIpc) is 2.00. The first kappa shape index (κ1) is 10.0. The van der Waals surface area contributed by atoms with E-state index in [1.54, 1.807) is 0 Å². The molecule has 0 spiro atoms. The van der Waals surface area contributed by atoms with Crippen LogP contribution in [0, 0.1) is 5.92 Å². The molecule has 0 saturated heterocycles. The van der Waals surface area contributed by atoms with Crippen molar-refractivity contribution in [3.05, 3.63) is 0 Å². The molecule has 0 radical (unpaired) electrons. The smallest absolute Gasteiger partial charge is 0.00369 e. The molecule has 3 N–H and O–H groups in total. The molecule has 1 saturated carbocycles. The Morgan fingerprint density at radius 3 is 2.50 bits per heavy atom. The first-order valence-corrected chi connectivity index (χ1v) is 5.34. The van der Waals surface area contributed by atoms with Gasteiger partial charge >= 0.3 is 0 Å². The molecule has 0 aromatic heterocycles. The van der Waals surface area contributed by atoms with Crippen molar-refractivity contribution in [2.75, 3.05) is 19.6 Å². The molecule has 0 atom stereocenters. The highest BCUT2D eigenvalue weighted by Crippen LogP contribution is 2.29. The lowest BCUT2D eigenvalue weighted by atomic mass is 9.82. The second-order valence-corrected chi connectivity index (χ2v) is 3.83. The van der Waals surface area contributed by atoms with Crippen molar-refractivity contribution in [2.45, 2.75) is 38.5 Å². The fourth-order valence-corrected chi connectivity index (χ4v) is 1.65. The normalized spacial score (nSPS) is 17.8. The topological polar surface area (TPSA) is 38.0 Å². The zero-order valence-electron chi connectivity index (χ0n) is 8.02. The number of rotatable bonds is 7. The van der Waals surface area contributed by atoms with Gasteiger partial charge in [0, 0.05) is 0 Å². The van der Waals surface area contributed by atoms with E-state index in [9.17, 15) is 0 Å². The van der Waals surface area contributed by atoms with Gasteiger partial charge in [-0.2, -0.15) is 0 Å². The van der Waals surface area contributed by atoms with Crippen LogP contribution in [0.3, 0.4) is 0 Å². The SMILES string of the molecule is NCCCNCCCC1CCC1. The molecule has 0 unspecified atom stereocenters. The summed E-state index contributed by atoms with van der Waals surface area (Å²) < 4.78 is 0. The molecule has 0 aromatic rings. The van der Waals surface area contributed by atoms with Gasteiger partial charge < -0.3 is 11.1 Å². The fourth-order valence-electron chi connectivity index (χ4n) is 1.65. The van der Waals surface area contributed by atoms with E-state index in [1.807, 2.05) is 0 Å². The Kier molecular flexibility index (Phi) is 5.37. The van der Waals surface area contributed by atoms with Crippen LogP contribution in [0.5, 0.6) is 0 Å². The second-order valence-electron chi connectivity index (χ2n) is 3.83. The quantitative estimate of drug-likeness (QED) is 0.568. The summed E-state index contributed by atoms with van der Waals surface area (Å²) in [5.41, 5.74) is 5.38. The van der Waals surface area contributed by atoms with Crippen LogP contribution >= 0.6 is 0 Å². The molecule has 72 valence electrons. The van der Waals surface area contributed by atoms with Crippen LogP contribution in [-0.4, -0.2) is 19.6 Å². The van der Waals surface area contributed by atoms with Gasteiger partial charge in [-0.05, 0) is 44.8 Å². The zero-order valence-corrected chi connectivity index (χ0v) is 8.02. The van der Waals surface area contributed by atoms with Crippen LogP contribution in [0.4, 0.5) is 0 Å².